The monoisotopic (exact) mass is 474 g/mol. The number of nitrogens with one attached hydrogen (secondary N) is 1. The summed E-state index contributed by atoms with van der Waals surface area (Å²) in [4.78, 5) is 38.8. The average molecular weight is 475 g/mol. The van der Waals surface area contributed by atoms with Gasteiger partial charge in [0.25, 0.3) is 11.8 Å². The van der Waals surface area contributed by atoms with Crippen molar-refractivity contribution in [2.24, 2.45) is 0 Å². The molecule has 0 spiro atoms. The molecular weight excluding hydrogens is 455 g/mol. The molecule has 1 saturated heterocycles. The summed E-state index contributed by atoms with van der Waals surface area (Å²) >= 11 is 12.0. The molecule has 32 heavy (non-hydrogen) atoms. The van der Waals surface area contributed by atoms with Gasteiger partial charge in [-0.1, -0.05) is 29.3 Å². The molecule has 1 heterocycles. The van der Waals surface area contributed by atoms with Gasteiger partial charge in [0.2, 0.25) is 0 Å². The molecule has 2 aromatic rings. The van der Waals surface area contributed by atoms with Crippen LogP contribution in [0.1, 0.15) is 18.1 Å². The van der Waals surface area contributed by atoms with Crippen LogP contribution in [0.15, 0.2) is 48.6 Å². The van der Waals surface area contributed by atoms with Crippen LogP contribution in [-0.4, -0.2) is 31.6 Å². The van der Waals surface area contributed by atoms with Crippen molar-refractivity contribution in [3.05, 3.63) is 69.7 Å². The van der Waals surface area contributed by atoms with Crippen molar-refractivity contribution in [1.82, 2.24) is 5.32 Å². The maximum absolute atomic E-state index is 13.1. The van der Waals surface area contributed by atoms with Crippen molar-refractivity contribution in [1.29, 1.82) is 0 Å². The Kier molecular flexibility index (Phi) is 7.22. The first-order valence-electron chi connectivity index (χ1n) is 9.61. The third kappa shape index (κ3) is 4.64. The van der Waals surface area contributed by atoms with Crippen LogP contribution >= 0.6 is 23.2 Å². The number of carbonyl (C=O) groups excluding carboxylic acids is 3. The highest BCUT2D eigenvalue weighted by molar-refractivity contribution is 6.43. The van der Waals surface area contributed by atoms with Crippen molar-refractivity contribution in [2.45, 2.75) is 13.3 Å². The third-order valence-corrected chi connectivity index (χ3v) is 5.34. The fraction of sp³-hybridized carbons (Fsp3) is 0.174. The molecule has 0 aliphatic carbocycles. The van der Waals surface area contributed by atoms with Crippen LogP contribution < -0.4 is 19.7 Å². The first-order chi connectivity index (χ1) is 15.3. The molecule has 4 amide bonds. The van der Waals surface area contributed by atoms with Gasteiger partial charge in [-0.25, -0.2) is 9.69 Å². The average Bonchev–Trinajstić information content (AvgIpc) is 2.74. The van der Waals surface area contributed by atoms with Crippen molar-refractivity contribution < 1.29 is 23.9 Å². The summed E-state index contributed by atoms with van der Waals surface area (Å²) in [7, 11) is 1.53. The molecule has 0 atom stereocenters. The Bertz CT molecular complexity index is 1140. The second-order valence-corrected chi connectivity index (χ2v) is 7.51. The SMILES string of the molecule is C=CCc1cc(/C=C2\C(=O)NC(=O)N(c3ccc(Cl)c(Cl)c3)C2=O)cc(OCC)c1OC. The first-order valence-corrected chi connectivity index (χ1v) is 10.4. The number of halogens is 2. The number of imide groups is 2. The summed E-state index contributed by atoms with van der Waals surface area (Å²) in [6.07, 6.45) is 3.57. The molecule has 1 aliphatic rings. The number of hydrogen-bond donors (Lipinski definition) is 1. The molecule has 0 unspecified atom stereocenters. The zero-order chi connectivity index (χ0) is 23.4. The van der Waals surface area contributed by atoms with E-state index >= 15 is 0 Å². The van der Waals surface area contributed by atoms with Crippen LogP contribution in [0.2, 0.25) is 10.0 Å². The van der Waals surface area contributed by atoms with E-state index in [-0.39, 0.29) is 21.3 Å². The van der Waals surface area contributed by atoms with Crippen LogP contribution in [0.3, 0.4) is 0 Å². The summed E-state index contributed by atoms with van der Waals surface area (Å²) in [5.41, 5.74) is 1.24. The lowest BCUT2D eigenvalue weighted by molar-refractivity contribution is -0.122. The molecule has 1 fully saturated rings. The first kappa shape index (κ1) is 23.4. The van der Waals surface area contributed by atoms with E-state index < -0.39 is 17.8 Å². The fourth-order valence-corrected chi connectivity index (χ4v) is 3.54. The molecule has 1 aliphatic heterocycles. The van der Waals surface area contributed by atoms with Gasteiger partial charge in [0.1, 0.15) is 5.57 Å². The maximum atomic E-state index is 13.1. The highest BCUT2D eigenvalue weighted by Gasteiger charge is 2.37. The quantitative estimate of drug-likeness (QED) is 0.354. The summed E-state index contributed by atoms with van der Waals surface area (Å²) in [5.74, 6) is -0.602. The van der Waals surface area contributed by atoms with Crippen LogP contribution in [0, 0.1) is 0 Å². The number of amides is 4. The lowest BCUT2D eigenvalue weighted by Crippen LogP contribution is -2.54. The Morgan fingerprint density at radius 1 is 1.12 bits per heavy atom. The second-order valence-electron chi connectivity index (χ2n) is 6.69. The zero-order valence-electron chi connectivity index (χ0n) is 17.4. The van der Waals surface area contributed by atoms with Crippen molar-refractivity contribution in [3.8, 4) is 11.5 Å². The van der Waals surface area contributed by atoms with Gasteiger partial charge in [-0.3, -0.25) is 14.9 Å². The highest BCUT2D eigenvalue weighted by atomic mass is 35.5. The number of carbonyl (C=O) groups is 3. The van der Waals surface area contributed by atoms with E-state index in [4.69, 9.17) is 32.7 Å². The predicted octanol–water partition coefficient (Wildman–Crippen LogP) is 4.80. The Morgan fingerprint density at radius 2 is 1.88 bits per heavy atom. The van der Waals surface area contributed by atoms with Gasteiger partial charge in [0, 0.05) is 5.56 Å². The van der Waals surface area contributed by atoms with Crippen molar-refractivity contribution in [3.63, 3.8) is 0 Å². The maximum Gasteiger partial charge on any atom is 0.335 e. The zero-order valence-corrected chi connectivity index (χ0v) is 18.9. The number of urea groups is 1. The number of barbiturate groups is 1. The van der Waals surface area contributed by atoms with Gasteiger partial charge < -0.3 is 9.47 Å². The molecule has 0 aromatic heterocycles. The van der Waals surface area contributed by atoms with Gasteiger partial charge in [0.05, 0.1) is 29.4 Å². The molecule has 7 nitrogen and oxygen atoms in total. The number of allylic oxidation sites excluding steroid dienone is 1. The molecule has 0 saturated carbocycles. The van der Waals surface area contributed by atoms with Crippen molar-refractivity contribution >= 4 is 52.8 Å². The molecular formula is C23H20Cl2N2O5. The Hall–Kier alpha value is -3.29. The summed E-state index contributed by atoms with van der Waals surface area (Å²) in [6.45, 7) is 5.97. The minimum atomic E-state index is -0.882. The molecule has 0 radical (unpaired) electrons. The van der Waals surface area contributed by atoms with Gasteiger partial charge in [-0.2, -0.15) is 0 Å². The number of benzene rings is 2. The van der Waals surface area contributed by atoms with E-state index in [0.29, 0.717) is 30.1 Å². The van der Waals surface area contributed by atoms with Crippen molar-refractivity contribution in [2.75, 3.05) is 18.6 Å². The van der Waals surface area contributed by atoms with Gasteiger partial charge in [0.15, 0.2) is 11.5 Å². The highest BCUT2D eigenvalue weighted by Crippen LogP contribution is 2.35. The molecule has 3 rings (SSSR count). The molecule has 166 valence electrons. The number of ether oxygens (including phenoxy) is 2. The topological polar surface area (TPSA) is 84.9 Å². The largest absolute Gasteiger partial charge is 0.493 e. The normalized spacial score (nSPS) is 15.1. The Labute approximate surface area is 195 Å². The smallest absolute Gasteiger partial charge is 0.335 e. The van der Waals surface area contributed by atoms with E-state index in [2.05, 4.69) is 11.9 Å². The van der Waals surface area contributed by atoms with E-state index in [9.17, 15) is 14.4 Å². The molecule has 1 N–H and O–H groups in total. The number of methoxy groups -OCH3 is 1. The Balaban J connectivity index is 2.09. The van der Waals surface area contributed by atoms with Crippen LogP contribution in [0.25, 0.3) is 6.08 Å². The number of hydrogen-bond acceptors (Lipinski definition) is 5. The molecule has 0 bridgehead atoms. The van der Waals surface area contributed by atoms with Crippen LogP contribution in [-0.2, 0) is 16.0 Å². The minimum Gasteiger partial charge on any atom is -0.493 e. The van der Waals surface area contributed by atoms with Gasteiger partial charge in [-0.05, 0) is 55.3 Å². The number of rotatable bonds is 7. The lowest BCUT2D eigenvalue weighted by atomic mass is 10.0. The van der Waals surface area contributed by atoms with Gasteiger partial charge >= 0.3 is 6.03 Å². The summed E-state index contributed by atoms with van der Waals surface area (Å²) in [5, 5.41) is 2.61. The predicted molar refractivity (Wildman–Crippen MR) is 124 cm³/mol. The van der Waals surface area contributed by atoms with Crippen LogP contribution in [0.4, 0.5) is 10.5 Å². The molecule has 9 heteroatoms. The fourth-order valence-electron chi connectivity index (χ4n) is 3.25. The van der Waals surface area contributed by atoms with E-state index in [1.807, 2.05) is 6.92 Å². The third-order valence-electron chi connectivity index (χ3n) is 4.60. The van der Waals surface area contributed by atoms with E-state index in [1.165, 1.54) is 31.4 Å². The number of nitrogens with zero attached hydrogens (tertiary/aromatic N) is 1. The Morgan fingerprint density at radius 3 is 2.50 bits per heavy atom. The van der Waals surface area contributed by atoms with E-state index in [1.54, 1.807) is 18.2 Å². The van der Waals surface area contributed by atoms with Gasteiger partial charge in [-0.15, -0.1) is 6.58 Å². The minimum absolute atomic E-state index is 0.165. The number of anilines is 1. The summed E-state index contributed by atoms with van der Waals surface area (Å²) in [6, 6.07) is 6.82. The standard InChI is InChI=1S/C23H20Cl2N2O5/c1-4-6-14-9-13(11-19(32-5-2)20(14)31-3)10-16-21(28)26-23(30)27(22(16)29)15-7-8-17(24)18(25)12-15/h4,7-12H,1,5-6H2,2-3H3,(H,26,28,30)/b16-10+. The van der Waals surface area contributed by atoms with E-state index in [0.717, 1.165) is 10.5 Å². The summed E-state index contributed by atoms with van der Waals surface area (Å²) < 4.78 is 11.1. The lowest BCUT2D eigenvalue weighted by Gasteiger charge is -2.26. The van der Waals surface area contributed by atoms with Crippen LogP contribution in [0.5, 0.6) is 11.5 Å². The molecule has 2 aromatic carbocycles. The second kappa shape index (κ2) is 9.89.